The lowest BCUT2D eigenvalue weighted by Crippen LogP contribution is -2.60. The minimum Gasteiger partial charge on any atom is -0.297 e. The Hall–Kier alpha value is -3.08. The van der Waals surface area contributed by atoms with Crippen LogP contribution in [0.15, 0.2) is 72.8 Å². The number of fused-ring (bicyclic) bond motifs is 1. The molecule has 1 aliphatic heterocycles. The van der Waals surface area contributed by atoms with Crippen molar-refractivity contribution in [3.8, 4) is 0 Å². The maximum Gasteiger partial charge on any atom is 0.196 e. The Morgan fingerprint density at radius 1 is 0.688 bits per heavy atom. The highest BCUT2D eigenvalue weighted by molar-refractivity contribution is 6.33. The van der Waals surface area contributed by atoms with Crippen LogP contribution in [-0.4, -0.2) is 47.5 Å². The molecule has 0 spiro atoms. The molecule has 0 N–H and O–H groups in total. The largest absolute Gasteiger partial charge is 0.297 e. The van der Waals surface area contributed by atoms with Gasteiger partial charge in [0.15, 0.2) is 17.1 Å². The van der Waals surface area contributed by atoms with E-state index in [2.05, 4.69) is 41.0 Å². The molecular weight excluding hydrogens is 396 g/mol. The van der Waals surface area contributed by atoms with E-state index < -0.39 is 5.54 Å². The van der Waals surface area contributed by atoms with Crippen molar-refractivity contribution in [2.45, 2.75) is 25.9 Å². The molecule has 0 unspecified atom stereocenters. The van der Waals surface area contributed by atoms with Gasteiger partial charge in [0.2, 0.25) is 0 Å². The number of rotatable bonds is 4. The predicted octanol–water partition coefficient (Wildman–Crippen LogP) is 4.40. The highest BCUT2D eigenvalue weighted by atomic mass is 16.2. The summed E-state index contributed by atoms with van der Waals surface area (Å²) in [7, 11) is 0. The smallest absolute Gasteiger partial charge is 0.196 e. The van der Waals surface area contributed by atoms with Gasteiger partial charge in [-0.1, -0.05) is 72.8 Å². The lowest BCUT2D eigenvalue weighted by atomic mass is 9.80. The fourth-order valence-corrected chi connectivity index (χ4v) is 5.32. The van der Waals surface area contributed by atoms with Crippen LogP contribution in [0.4, 0.5) is 0 Å². The minimum atomic E-state index is -1.26. The van der Waals surface area contributed by atoms with E-state index in [0.29, 0.717) is 24.2 Å². The second-order valence-electron chi connectivity index (χ2n) is 8.92. The van der Waals surface area contributed by atoms with Crippen LogP contribution in [-0.2, 0) is 12.1 Å². The number of hydrogen-bond acceptors (Lipinski definition) is 4. The Bertz CT molecular complexity index is 1160. The Morgan fingerprint density at radius 2 is 1.22 bits per heavy atom. The molecular formula is C28H28N2O2. The summed E-state index contributed by atoms with van der Waals surface area (Å²) in [4.78, 5) is 32.4. The van der Waals surface area contributed by atoms with Crippen molar-refractivity contribution in [2.24, 2.45) is 0 Å². The lowest BCUT2D eigenvalue weighted by molar-refractivity contribution is 0.0277. The van der Waals surface area contributed by atoms with Gasteiger partial charge in [-0.3, -0.25) is 19.4 Å². The van der Waals surface area contributed by atoms with Crippen LogP contribution >= 0.6 is 0 Å². The van der Waals surface area contributed by atoms with Crippen molar-refractivity contribution >= 4 is 11.6 Å². The average Bonchev–Trinajstić information content (AvgIpc) is 3.04. The Balaban J connectivity index is 1.49. The maximum atomic E-state index is 13.9. The number of aryl methyl sites for hydroxylation is 2. The van der Waals surface area contributed by atoms with Crippen LogP contribution in [0.5, 0.6) is 0 Å². The third kappa shape index (κ3) is 3.14. The Morgan fingerprint density at radius 3 is 1.81 bits per heavy atom. The topological polar surface area (TPSA) is 40.6 Å². The number of carbonyl (C=O) groups is 2. The predicted molar refractivity (Wildman–Crippen MR) is 126 cm³/mol. The first-order valence-corrected chi connectivity index (χ1v) is 11.3. The summed E-state index contributed by atoms with van der Waals surface area (Å²) in [6.07, 6.45) is 0. The molecule has 3 aromatic carbocycles. The zero-order valence-corrected chi connectivity index (χ0v) is 18.7. The molecule has 4 nitrogen and oxygen atoms in total. The zero-order valence-electron chi connectivity index (χ0n) is 18.7. The SMILES string of the molecule is Cc1ccccc1CN1CCN(C2(c3ccccc3C)C(=O)c3ccccc3C2=O)CC1. The molecule has 0 aromatic heterocycles. The zero-order chi connectivity index (χ0) is 22.3. The van der Waals surface area contributed by atoms with Gasteiger partial charge in [-0.05, 0) is 36.1 Å². The molecule has 1 aliphatic carbocycles. The van der Waals surface area contributed by atoms with Gasteiger partial charge >= 0.3 is 0 Å². The van der Waals surface area contributed by atoms with E-state index in [1.807, 2.05) is 43.3 Å². The molecule has 4 heteroatoms. The van der Waals surface area contributed by atoms with Crippen molar-refractivity contribution in [3.63, 3.8) is 0 Å². The fourth-order valence-electron chi connectivity index (χ4n) is 5.32. The molecule has 162 valence electrons. The van der Waals surface area contributed by atoms with Gasteiger partial charge in [-0.25, -0.2) is 0 Å². The summed E-state index contributed by atoms with van der Waals surface area (Å²) in [5, 5.41) is 0. The molecule has 0 bridgehead atoms. The van der Waals surface area contributed by atoms with Crippen LogP contribution in [0, 0.1) is 13.8 Å². The van der Waals surface area contributed by atoms with Crippen LogP contribution in [0.3, 0.4) is 0 Å². The van der Waals surface area contributed by atoms with Gasteiger partial charge < -0.3 is 0 Å². The molecule has 3 aromatic rings. The van der Waals surface area contributed by atoms with Crippen LogP contribution in [0.1, 0.15) is 43.0 Å². The van der Waals surface area contributed by atoms with E-state index in [-0.39, 0.29) is 11.6 Å². The number of piperazine rings is 1. The van der Waals surface area contributed by atoms with Gasteiger partial charge in [0.05, 0.1) is 0 Å². The molecule has 1 heterocycles. The first kappa shape index (κ1) is 20.8. The minimum absolute atomic E-state index is 0.0836. The maximum absolute atomic E-state index is 13.9. The highest BCUT2D eigenvalue weighted by Gasteiger charge is 2.58. The van der Waals surface area contributed by atoms with Crippen LogP contribution < -0.4 is 0 Å². The van der Waals surface area contributed by atoms with Crippen LogP contribution in [0.2, 0.25) is 0 Å². The summed E-state index contributed by atoms with van der Waals surface area (Å²) < 4.78 is 0. The molecule has 0 atom stereocenters. The van der Waals surface area contributed by atoms with Crippen LogP contribution in [0.25, 0.3) is 0 Å². The molecule has 1 fully saturated rings. The number of Topliss-reactive ketones (excluding diaryl/α,β-unsaturated/α-hetero) is 2. The van der Waals surface area contributed by atoms with E-state index in [0.717, 1.165) is 30.8 Å². The van der Waals surface area contributed by atoms with E-state index in [1.54, 1.807) is 12.1 Å². The van der Waals surface area contributed by atoms with E-state index in [1.165, 1.54) is 11.1 Å². The highest BCUT2D eigenvalue weighted by Crippen LogP contribution is 2.44. The summed E-state index contributed by atoms with van der Waals surface area (Å²) in [5.74, 6) is -0.167. The quantitative estimate of drug-likeness (QED) is 0.582. The third-order valence-corrected chi connectivity index (χ3v) is 7.11. The normalized spacial score (nSPS) is 18.7. The van der Waals surface area contributed by atoms with Gasteiger partial charge in [-0.15, -0.1) is 0 Å². The van der Waals surface area contributed by atoms with Crippen molar-refractivity contribution in [1.82, 2.24) is 9.80 Å². The molecule has 1 saturated heterocycles. The van der Waals surface area contributed by atoms with Gasteiger partial charge in [0.1, 0.15) is 0 Å². The fraction of sp³-hybridized carbons (Fsp3) is 0.286. The molecule has 0 amide bonds. The van der Waals surface area contributed by atoms with E-state index in [9.17, 15) is 9.59 Å². The molecule has 5 rings (SSSR count). The Labute approximate surface area is 189 Å². The van der Waals surface area contributed by atoms with Crippen molar-refractivity contribution in [1.29, 1.82) is 0 Å². The molecule has 0 saturated carbocycles. The number of ketones is 2. The Kier molecular flexibility index (Phi) is 5.28. The van der Waals surface area contributed by atoms with Crippen molar-refractivity contribution in [3.05, 3.63) is 106 Å². The van der Waals surface area contributed by atoms with Crippen molar-refractivity contribution < 1.29 is 9.59 Å². The van der Waals surface area contributed by atoms with E-state index >= 15 is 0 Å². The molecule has 0 radical (unpaired) electrons. The van der Waals surface area contributed by atoms with Gasteiger partial charge in [-0.2, -0.15) is 0 Å². The van der Waals surface area contributed by atoms with Gasteiger partial charge in [0, 0.05) is 43.9 Å². The second kappa shape index (κ2) is 8.12. The summed E-state index contributed by atoms with van der Waals surface area (Å²) in [5.41, 5.74) is 4.25. The monoisotopic (exact) mass is 424 g/mol. The number of hydrogen-bond donors (Lipinski definition) is 0. The first-order chi connectivity index (χ1) is 15.5. The first-order valence-electron chi connectivity index (χ1n) is 11.3. The number of carbonyl (C=O) groups excluding carboxylic acids is 2. The second-order valence-corrected chi connectivity index (χ2v) is 8.92. The summed E-state index contributed by atoms with van der Waals surface area (Å²) in [6, 6.07) is 23.6. The summed E-state index contributed by atoms with van der Waals surface area (Å²) in [6.45, 7) is 8.01. The molecule has 32 heavy (non-hydrogen) atoms. The van der Waals surface area contributed by atoms with Crippen molar-refractivity contribution in [2.75, 3.05) is 26.2 Å². The van der Waals surface area contributed by atoms with E-state index in [4.69, 9.17) is 0 Å². The molecule has 2 aliphatic rings. The average molecular weight is 425 g/mol. The van der Waals surface area contributed by atoms with Gasteiger partial charge in [0.25, 0.3) is 0 Å². The standard InChI is InChI=1S/C28H28N2O2/c1-20-9-3-5-11-22(20)19-29-15-17-30(18-16-29)28(25-14-8-4-10-21(25)2)26(31)23-12-6-7-13-24(23)27(28)32/h3-14H,15-19H2,1-2H3. The lowest BCUT2D eigenvalue weighted by Gasteiger charge is -2.44. The number of benzene rings is 3. The number of nitrogens with zero attached hydrogens (tertiary/aromatic N) is 2. The third-order valence-electron chi connectivity index (χ3n) is 7.11. The summed E-state index contributed by atoms with van der Waals surface area (Å²) >= 11 is 0.